The predicted octanol–water partition coefficient (Wildman–Crippen LogP) is 9.85. The third kappa shape index (κ3) is 13.0. The maximum atomic E-state index is 14.0. The van der Waals surface area contributed by atoms with E-state index < -0.39 is 54.4 Å². The van der Waals surface area contributed by atoms with Gasteiger partial charge in [-0.15, -0.1) is 0 Å². The summed E-state index contributed by atoms with van der Waals surface area (Å²) in [7, 11) is -7.38. The molecule has 4 aromatic carbocycles. The molecule has 0 spiro atoms. The van der Waals surface area contributed by atoms with E-state index in [9.17, 15) is 35.8 Å². The fourth-order valence-corrected chi connectivity index (χ4v) is 13.9. The first kappa shape index (κ1) is 52.1. The number of benzene rings is 4. The van der Waals surface area contributed by atoms with E-state index in [1.807, 2.05) is 27.7 Å². The van der Waals surface area contributed by atoms with Crippen molar-refractivity contribution in [2.45, 2.75) is 120 Å². The van der Waals surface area contributed by atoms with Crippen molar-refractivity contribution in [1.29, 1.82) is 0 Å². The lowest BCUT2D eigenvalue weighted by molar-refractivity contribution is 0.0125. The lowest BCUT2D eigenvalue weighted by atomic mass is 9.69. The van der Waals surface area contributed by atoms with E-state index in [1.54, 1.807) is 66.7 Å². The van der Waals surface area contributed by atoms with Crippen LogP contribution in [0.2, 0.25) is 0 Å². The van der Waals surface area contributed by atoms with Crippen LogP contribution in [-0.2, 0) is 29.1 Å². The summed E-state index contributed by atoms with van der Waals surface area (Å²) in [6, 6.07) is 23.7. The molecule has 14 heteroatoms. The number of ether oxygens (including phenoxy) is 4. The van der Waals surface area contributed by atoms with Crippen molar-refractivity contribution in [3.63, 3.8) is 0 Å². The largest absolute Gasteiger partial charge is 0.491 e. The zero-order chi connectivity index (χ0) is 47.3. The third-order valence-electron chi connectivity index (χ3n) is 13.2. The molecule has 2 N–H and O–H groups in total. The Morgan fingerprint density at radius 2 is 1.03 bits per heavy atom. The summed E-state index contributed by atoms with van der Waals surface area (Å²) in [6.07, 6.45) is 3.87. The van der Waals surface area contributed by atoms with Crippen LogP contribution in [0.1, 0.15) is 115 Å². The highest BCUT2D eigenvalue weighted by atomic mass is 32.2. The average Bonchev–Trinajstić information content (AvgIpc) is 3.41. The monoisotopic (exact) mass is 942 g/mol. The topological polar surface area (TPSA) is 146 Å². The Labute approximate surface area is 385 Å². The van der Waals surface area contributed by atoms with E-state index in [-0.39, 0.29) is 59.5 Å². The molecule has 0 radical (unpaired) electrons. The van der Waals surface area contributed by atoms with Gasteiger partial charge >= 0.3 is 0 Å². The molecule has 0 unspecified atom stereocenters. The fourth-order valence-electron chi connectivity index (χ4n) is 9.38. The van der Waals surface area contributed by atoms with Gasteiger partial charge in [0.25, 0.3) is 0 Å². The lowest BCUT2D eigenvalue weighted by Gasteiger charge is -2.39. The van der Waals surface area contributed by atoms with Crippen molar-refractivity contribution in [2.75, 3.05) is 51.1 Å². The van der Waals surface area contributed by atoms with Gasteiger partial charge in [-0.1, -0.05) is 90.6 Å². The Morgan fingerprint density at radius 1 is 0.585 bits per heavy atom. The summed E-state index contributed by atoms with van der Waals surface area (Å²) >= 11 is 0. The first-order chi connectivity index (χ1) is 31.1. The molecule has 0 aromatic heterocycles. The molecule has 4 aromatic rings. The van der Waals surface area contributed by atoms with E-state index >= 15 is 0 Å². The summed E-state index contributed by atoms with van der Waals surface area (Å²) in [4.78, 5) is 0.418. The molecule has 0 saturated heterocycles. The molecule has 2 aliphatic rings. The van der Waals surface area contributed by atoms with Crippen LogP contribution in [-0.4, -0.2) is 90.4 Å². The molecular weight excluding hydrogens is 875 g/mol. The molecule has 0 fully saturated rings. The number of unbranched alkanes of at least 4 members (excludes halogenated alkanes) is 2. The molecular formula is C51H68F2O10S2. The maximum absolute atomic E-state index is 14.0. The van der Waals surface area contributed by atoms with Gasteiger partial charge in [-0.05, 0) is 103 Å². The third-order valence-corrected chi connectivity index (χ3v) is 17.2. The van der Waals surface area contributed by atoms with E-state index in [4.69, 9.17) is 18.9 Å². The molecule has 6 rings (SSSR count). The normalized spacial score (nSPS) is 24.3. The Hall–Kier alpha value is -3.92. The Morgan fingerprint density at radius 3 is 1.49 bits per heavy atom. The molecule has 65 heavy (non-hydrogen) atoms. The van der Waals surface area contributed by atoms with Crippen LogP contribution in [0.3, 0.4) is 0 Å². The van der Waals surface area contributed by atoms with Crippen molar-refractivity contribution in [2.24, 2.45) is 10.8 Å². The molecule has 358 valence electrons. The Kier molecular flexibility index (Phi) is 19.0. The Balaban J connectivity index is 0.00000103. The van der Waals surface area contributed by atoms with Gasteiger partial charge in [-0.3, -0.25) is 0 Å². The molecule has 0 bridgehead atoms. The molecule has 2 aliphatic heterocycles. The van der Waals surface area contributed by atoms with Gasteiger partial charge in [0.15, 0.2) is 19.7 Å². The zero-order valence-electron chi connectivity index (χ0n) is 38.5. The van der Waals surface area contributed by atoms with Gasteiger partial charge in [0.05, 0.1) is 59.9 Å². The zero-order valence-corrected chi connectivity index (χ0v) is 40.1. The molecule has 2 heterocycles. The number of hydrogen-bond donors (Lipinski definition) is 2. The summed E-state index contributed by atoms with van der Waals surface area (Å²) in [6.45, 7) is 11.4. The lowest BCUT2D eigenvalue weighted by Crippen LogP contribution is -2.42. The molecule has 6 atom stereocenters. The van der Waals surface area contributed by atoms with Gasteiger partial charge in [0.1, 0.15) is 36.3 Å². The standard InChI is InChI=1S/C45H63FO10S2.C6H5F/c1-6-10-20-44(8-3)30-57(49,50)39-18-16-35(28-37(39)32(5)42(44)47)55-26-24-53-22-23-54-25-27-56-36-17-19-40-38(29-36)41(33-12-14-34(46)15-13-33)43(48)45(9-4,21-11-7-2)31-58(40,51)52;7-6-4-2-1-3-5-6/h12-19,28-29,32,41-43,47-48H,6-11,20-27,30-31H2,1-5H3;1-5H/t32-,41+,42-,43+,44-,45+;/m0./s1. The van der Waals surface area contributed by atoms with Crippen molar-refractivity contribution < 1.29 is 54.8 Å². The number of aliphatic hydroxyl groups excluding tert-OH is 2. The van der Waals surface area contributed by atoms with E-state index in [1.165, 1.54) is 24.3 Å². The summed E-state index contributed by atoms with van der Waals surface area (Å²) in [5, 5.41) is 23.5. The van der Waals surface area contributed by atoms with Gasteiger partial charge in [-0.25, -0.2) is 25.6 Å². The number of sulfone groups is 2. The van der Waals surface area contributed by atoms with Gasteiger partial charge < -0.3 is 29.2 Å². The van der Waals surface area contributed by atoms with Crippen LogP contribution in [0, 0.1) is 22.5 Å². The number of hydrogen-bond acceptors (Lipinski definition) is 10. The van der Waals surface area contributed by atoms with E-state index in [2.05, 4.69) is 6.92 Å². The summed E-state index contributed by atoms with van der Waals surface area (Å²) < 4.78 is 104. The van der Waals surface area contributed by atoms with Crippen molar-refractivity contribution >= 4 is 19.7 Å². The van der Waals surface area contributed by atoms with Crippen LogP contribution >= 0.6 is 0 Å². The summed E-state index contributed by atoms with van der Waals surface area (Å²) in [5.74, 6) is -0.965. The average molecular weight is 943 g/mol. The second-order valence-corrected chi connectivity index (χ2v) is 21.4. The first-order valence-electron chi connectivity index (χ1n) is 23.0. The number of rotatable bonds is 20. The minimum absolute atomic E-state index is 0.0686. The van der Waals surface area contributed by atoms with Crippen molar-refractivity contribution in [3.8, 4) is 11.5 Å². The van der Waals surface area contributed by atoms with Crippen LogP contribution in [0.25, 0.3) is 0 Å². The van der Waals surface area contributed by atoms with Crippen molar-refractivity contribution in [3.05, 3.63) is 119 Å². The second-order valence-electron chi connectivity index (χ2n) is 17.5. The Bertz CT molecular complexity index is 2330. The van der Waals surface area contributed by atoms with Gasteiger partial charge in [-0.2, -0.15) is 0 Å². The minimum Gasteiger partial charge on any atom is -0.491 e. The first-order valence-corrected chi connectivity index (χ1v) is 26.3. The predicted molar refractivity (Wildman–Crippen MR) is 249 cm³/mol. The van der Waals surface area contributed by atoms with Gasteiger partial charge in [0.2, 0.25) is 0 Å². The number of aliphatic hydroxyl groups is 2. The highest BCUT2D eigenvalue weighted by molar-refractivity contribution is 7.91. The van der Waals surface area contributed by atoms with Crippen LogP contribution < -0.4 is 9.47 Å². The van der Waals surface area contributed by atoms with Crippen LogP contribution in [0.4, 0.5) is 8.78 Å². The smallest absolute Gasteiger partial charge is 0.179 e. The van der Waals surface area contributed by atoms with Crippen LogP contribution in [0.5, 0.6) is 11.5 Å². The fraction of sp³-hybridized carbons (Fsp3) is 0.529. The van der Waals surface area contributed by atoms with Crippen LogP contribution in [0.15, 0.2) is 101 Å². The van der Waals surface area contributed by atoms with Gasteiger partial charge in [0, 0.05) is 22.7 Å². The van der Waals surface area contributed by atoms with E-state index in [0.29, 0.717) is 67.1 Å². The minimum atomic E-state index is -3.78. The molecule has 10 nitrogen and oxygen atoms in total. The molecule has 0 aliphatic carbocycles. The van der Waals surface area contributed by atoms with E-state index in [0.717, 1.165) is 25.7 Å². The highest BCUT2D eigenvalue weighted by Crippen LogP contribution is 2.50. The molecule has 0 amide bonds. The highest BCUT2D eigenvalue weighted by Gasteiger charge is 2.49. The second kappa shape index (κ2) is 23.7. The van der Waals surface area contributed by atoms with Crippen molar-refractivity contribution in [1.82, 2.24) is 0 Å². The maximum Gasteiger partial charge on any atom is 0.179 e. The summed E-state index contributed by atoms with van der Waals surface area (Å²) in [5.41, 5.74) is 0.0795. The SMILES string of the molecule is CCCC[C@]1(CC)CS(=O)(=O)c2ccc(OCCOCCOCCOc3ccc4c(c3)[C@H](C)[C@H](O)[C@@](CC)(CCCC)CS4(=O)=O)cc2[C@@H](c2ccc(F)cc2)[C@H]1O.Fc1ccccc1. The number of halogens is 2. The molecule has 0 saturated carbocycles. The number of fused-ring (bicyclic) bond motifs is 2. The quantitative estimate of drug-likeness (QED) is 0.0822.